The molecule has 3 fully saturated rings. The Morgan fingerprint density at radius 2 is 1.96 bits per heavy atom. The predicted molar refractivity (Wildman–Crippen MR) is 175 cm³/mol. The van der Waals surface area contributed by atoms with Gasteiger partial charge in [0.15, 0.2) is 0 Å². The first-order valence-corrected chi connectivity index (χ1v) is 16.7. The van der Waals surface area contributed by atoms with Crippen molar-refractivity contribution in [2.75, 3.05) is 68.9 Å². The highest BCUT2D eigenvalue weighted by Crippen LogP contribution is 2.36. The normalized spacial score (nSPS) is 19.2. The molecule has 10 nitrogen and oxygen atoms in total. The molecule has 3 aromatic rings. The maximum Gasteiger partial charge on any atom is 0.319 e. The first-order valence-electron chi connectivity index (χ1n) is 15.3. The predicted octanol–water partition coefficient (Wildman–Crippen LogP) is 5.12. The Bertz CT molecular complexity index is 1570. The molecular formula is C32H36ClFN6O4S. The van der Waals surface area contributed by atoms with E-state index < -0.39 is 5.82 Å². The number of hydrogen-bond acceptors (Lipinski definition) is 10. The van der Waals surface area contributed by atoms with Gasteiger partial charge < -0.3 is 20.1 Å². The molecule has 1 saturated carbocycles. The molecule has 0 radical (unpaired) electrons. The molecule has 3 aliphatic rings. The number of nitrogens with one attached hydrogen (secondary N) is 2. The van der Waals surface area contributed by atoms with Gasteiger partial charge in [0.1, 0.15) is 29.0 Å². The number of fused-ring (bicyclic) bond motifs is 1. The fourth-order valence-electron chi connectivity index (χ4n) is 5.23. The second-order valence-corrected chi connectivity index (χ2v) is 13.2. The van der Waals surface area contributed by atoms with Crippen LogP contribution in [0.25, 0.3) is 10.9 Å². The summed E-state index contributed by atoms with van der Waals surface area (Å²) in [5.41, 5.74) is 1.73. The molecule has 1 atom stereocenters. The van der Waals surface area contributed by atoms with Gasteiger partial charge in [-0.2, -0.15) is 0 Å². The molecular weight excluding hydrogens is 619 g/mol. The minimum atomic E-state index is -0.507. The van der Waals surface area contributed by atoms with Crippen LogP contribution in [0.5, 0.6) is 5.75 Å². The van der Waals surface area contributed by atoms with Gasteiger partial charge in [0, 0.05) is 74.7 Å². The molecule has 45 heavy (non-hydrogen) atoms. The molecule has 6 rings (SSSR count). The standard InChI is InChI=1S/C32H36ClFN6O4S/c33-24-16-22(5-6-25(24)34)37-31-23-17-27(28(44-19-21-3-4-21)18-26(23)35-20-36-31)38-30(41)2-1-8-39-9-11-40(12-10-39)13-15-45-29-7-14-43-32(29)42/h1-2,5-6,16-18,20-21,29H,3-4,7-15,19H2,(H,38,41)(H,35,36,37)/b2-1+. The Kier molecular flexibility index (Phi) is 10.3. The summed E-state index contributed by atoms with van der Waals surface area (Å²) in [5, 5.41) is 6.81. The number of nitrogens with zero attached hydrogens (tertiary/aromatic N) is 4. The van der Waals surface area contributed by atoms with Crippen molar-refractivity contribution in [2.24, 2.45) is 5.92 Å². The number of anilines is 3. The number of esters is 1. The van der Waals surface area contributed by atoms with E-state index in [9.17, 15) is 14.0 Å². The van der Waals surface area contributed by atoms with E-state index in [1.54, 1.807) is 36.0 Å². The van der Waals surface area contributed by atoms with Gasteiger partial charge in [-0.05, 0) is 43.0 Å². The van der Waals surface area contributed by atoms with E-state index in [-0.39, 0.29) is 22.1 Å². The number of hydrogen-bond donors (Lipinski definition) is 2. The van der Waals surface area contributed by atoms with E-state index in [2.05, 4.69) is 30.4 Å². The highest BCUT2D eigenvalue weighted by molar-refractivity contribution is 8.00. The first kappa shape index (κ1) is 31.5. The Morgan fingerprint density at radius 3 is 2.71 bits per heavy atom. The van der Waals surface area contributed by atoms with Crippen molar-refractivity contribution in [3.8, 4) is 5.75 Å². The summed E-state index contributed by atoms with van der Waals surface area (Å²) in [7, 11) is 0. The van der Waals surface area contributed by atoms with Crippen LogP contribution < -0.4 is 15.4 Å². The lowest BCUT2D eigenvalue weighted by atomic mass is 10.1. The van der Waals surface area contributed by atoms with Crippen LogP contribution in [-0.2, 0) is 14.3 Å². The van der Waals surface area contributed by atoms with E-state index >= 15 is 0 Å². The van der Waals surface area contributed by atoms with Crippen LogP contribution in [0, 0.1) is 11.7 Å². The zero-order valence-electron chi connectivity index (χ0n) is 24.8. The van der Waals surface area contributed by atoms with Gasteiger partial charge in [0.05, 0.1) is 29.4 Å². The third-order valence-electron chi connectivity index (χ3n) is 8.06. The number of halogens is 2. The molecule has 1 aromatic heterocycles. The highest BCUT2D eigenvalue weighted by atomic mass is 35.5. The molecule has 13 heteroatoms. The lowest BCUT2D eigenvalue weighted by Gasteiger charge is -2.34. The monoisotopic (exact) mass is 654 g/mol. The van der Waals surface area contributed by atoms with Crippen molar-refractivity contribution >= 4 is 63.3 Å². The maximum atomic E-state index is 13.7. The van der Waals surface area contributed by atoms with E-state index in [4.69, 9.17) is 21.1 Å². The van der Waals surface area contributed by atoms with Crippen LogP contribution in [0.4, 0.5) is 21.6 Å². The SMILES string of the molecule is O=C(/C=C/CN1CCN(CCSC2CCOC2=O)CC1)Nc1cc2c(Nc3ccc(F)c(Cl)c3)ncnc2cc1OCC1CC1. The fourth-order valence-corrected chi connectivity index (χ4v) is 6.53. The lowest BCUT2D eigenvalue weighted by molar-refractivity contribution is -0.137. The second kappa shape index (κ2) is 14.8. The van der Waals surface area contributed by atoms with Gasteiger partial charge in [0.25, 0.3) is 0 Å². The fraction of sp³-hybridized carbons (Fsp3) is 0.438. The number of benzene rings is 2. The average Bonchev–Trinajstić information content (AvgIpc) is 3.78. The topological polar surface area (TPSA) is 109 Å². The quantitative estimate of drug-likeness (QED) is 0.191. The van der Waals surface area contributed by atoms with Crippen molar-refractivity contribution in [1.82, 2.24) is 19.8 Å². The maximum absolute atomic E-state index is 13.7. The lowest BCUT2D eigenvalue weighted by Crippen LogP contribution is -2.47. The Balaban J connectivity index is 1.05. The number of ether oxygens (including phenoxy) is 2. The number of thioether (sulfide) groups is 1. The third kappa shape index (κ3) is 8.63. The summed E-state index contributed by atoms with van der Waals surface area (Å²) >= 11 is 7.66. The van der Waals surface area contributed by atoms with Crippen molar-refractivity contribution in [3.05, 3.63) is 59.7 Å². The van der Waals surface area contributed by atoms with Crippen LogP contribution in [0.3, 0.4) is 0 Å². The number of piperazine rings is 1. The largest absolute Gasteiger partial charge is 0.491 e. The zero-order valence-corrected chi connectivity index (χ0v) is 26.4. The van der Waals surface area contributed by atoms with Crippen molar-refractivity contribution in [2.45, 2.75) is 24.5 Å². The zero-order chi connectivity index (χ0) is 31.2. The molecule has 2 aliphatic heterocycles. The van der Waals surface area contributed by atoms with Gasteiger partial charge in [-0.25, -0.2) is 14.4 Å². The van der Waals surface area contributed by atoms with Crippen LogP contribution in [0.2, 0.25) is 5.02 Å². The smallest absolute Gasteiger partial charge is 0.319 e. The highest BCUT2D eigenvalue weighted by Gasteiger charge is 2.27. The molecule has 2 saturated heterocycles. The van der Waals surface area contributed by atoms with Crippen molar-refractivity contribution in [1.29, 1.82) is 0 Å². The van der Waals surface area contributed by atoms with Crippen LogP contribution >= 0.6 is 23.4 Å². The van der Waals surface area contributed by atoms with Gasteiger partial charge in [0.2, 0.25) is 5.91 Å². The van der Waals surface area contributed by atoms with Gasteiger partial charge >= 0.3 is 5.97 Å². The van der Waals surface area contributed by atoms with E-state index in [1.165, 1.54) is 18.5 Å². The summed E-state index contributed by atoms with van der Waals surface area (Å²) in [6, 6.07) is 7.95. The molecule has 0 spiro atoms. The molecule has 1 unspecified atom stereocenters. The number of rotatable bonds is 13. The average molecular weight is 655 g/mol. The molecule has 2 N–H and O–H groups in total. The summed E-state index contributed by atoms with van der Waals surface area (Å²) in [6.45, 7) is 6.50. The summed E-state index contributed by atoms with van der Waals surface area (Å²) < 4.78 is 24.8. The van der Waals surface area contributed by atoms with Gasteiger partial charge in [-0.15, -0.1) is 11.8 Å². The van der Waals surface area contributed by atoms with Crippen LogP contribution in [0.1, 0.15) is 19.3 Å². The number of amides is 1. The minimum Gasteiger partial charge on any atom is -0.491 e. The Hall–Kier alpha value is -3.45. The molecule has 3 heterocycles. The summed E-state index contributed by atoms with van der Waals surface area (Å²) in [5.74, 6) is 1.64. The molecule has 2 aromatic carbocycles. The van der Waals surface area contributed by atoms with E-state index in [0.717, 1.165) is 57.7 Å². The molecule has 238 valence electrons. The Labute approximate surface area is 270 Å². The number of aromatic nitrogens is 2. The van der Waals surface area contributed by atoms with Crippen LogP contribution in [-0.4, -0.2) is 95.1 Å². The van der Waals surface area contributed by atoms with E-state index in [1.807, 2.05) is 6.08 Å². The minimum absolute atomic E-state index is 0.000880. The number of carbonyl (C=O) groups is 2. The van der Waals surface area contributed by atoms with Crippen molar-refractivity contribution in [3.63, 3.8) is 0 Å². The van der Waals surface area contributed by atoms with Gasteiger partial charge in [-0.3, -0.25) is 19.4 Å². The number of carbonyl (C=O) groups excluding carboxylic acids is 2. The summed E-state index contributed by atoms with van der Waals surface area (Å²) in [4.78, 5) is 38.2. The van der Waals surface area contributed by atoms with Crippen LogP contribution in [0.15, 0.2) is 48.8 Å². The third-order valence-corrected chi connectivity index (χ3v) is 9.60. The van der Waals surface area contributed by atoms with E-state index in [0.29, 0.717) is 59.5 Å². The Morgan fingerprint density at radius 1 is 1.13 bits per heavy atom. The van der Waals surface area contributed by atoms with Gasteiger partial charge in [-0.1, -0.05) is 17.7 Å². The molecule has 0 bridgehead atoms. The summed E-state index contributed by atoms with van der Waals surface area (Å²) in [6.07, 6.45) is 7.96. The molecule has 1 amide bonds. The number of cyclic esters (lactones) is 1. The van der Waals surface area contributed by atoms with Crippen molar-refractivity contribution < 1.29 is 23.5 Å². The first-order chi connectivity index (χ1) is 21.9. The molecule has 1 aliphatic carbocycles. The second-order valence-electron chi connectivity index (χ2n) is 11.4.